The summed E-state index contributed by atoms with van der Waals surface area (Å²) in [5.74, 6) is 0.983. The Morgan fingerprint density at radius 1 is 1.21 bits per heavy atom. The van der Waals surface area contributed by atoms with Gasteiger partial charge < -0.3 is 30.2 Å². The average molecular weight is 387 g/mol. The average Bonchev–Trinajstić information content (AvgIpc) is 3.28. The first-order chi connectivity index (χ1) is 13.6. The SMILES string of the molecule is COc1ccc(CO[C@H]2[C@@H](O)[C@H](n3cnc4c(N)ncnc43)O[C@@H]2CO)cc1. The standard InChI is InChI=1S/C18H21N5O5/c1-26-11-4-2-10(3-5-11)7-27-15-12(6-24)28-18(14(15)25)23-9-22-13-16(19)20-8-21-17(13)23/h2-5,8-9,12,14-15,18,24-25H,6-7H2,1H3,(H2,19,20,21)/t12-,14-,15-,18-/m1/s1. The highest BCUT2D eigenvalue weighted by molar-refractivity contribution is 5.81. The number of methoxy groups -OCH3 is 1. The molecule has 0 bridgehead atoms. The van der Waals surface area contributed by atoms with Crippen molar-refractivity contribution in [3.8, 4) is 5.75 Å². The number of hydrogen-bond donors (Lipinski definition) is 3. The largest absolute Gasteiger partial charge is 0.497 e. The number of nitrogens with two attached hydrogens (primary N) is 1. The summed E-state index contributed by atoms with van der Waals surface area (Å²) in [6.07, 6.45) is -0.493. The first kappa shape index (κ1) is 18.6. The topological polar surface area (TPSA) is 138 Å². The number of benzene rings is 1. The van der Waals surface area contributed by atoms with Gasteiger partial charge in [-0.2, -0.15) is 0 Å². The van der Waals surface area contributed by atoms with E-state index < -0.39 is 24.5 Å². The Kier molecular flexibility index (Phi) is 5.09. The number of imidazole rings is 1. The zero-order valence-electron chi connectivity index (χ0n) is 15.2. The van der Waals surface area contributed by atoms with Gasteiger partial charge in [0.05, 0.1) is 26.7 Å². The van der Waals surface area contributed by atoms with E-state index in [-0.39, 0.29) is 19.0 Å². The van der Waals surface area contributed by atoms with E-state index in [0.717, 1.165) is 11.3 Å². The molecule has 4 atom stereocenters. The number of anilines is 1. The summed E-state index contributed by atoms with van der Waals surface area (Å²) >= 11 is 0. The molecule has 10 heteroatoms. The molecule has 0 amide bonds. The van der Waals surface area contributed by atoms with Gasteiger partial charge in [-0.3, -0.25) is 4.57 Å². The molecular weight excluding hydrogens is 366 g/mol. The van der Waals surface area contributed by atoms with Crippen LogP contribution in [0.2, 0.25) is 0 Å². The summed E-state index contributed by atoms with van der Waals surface area (Å²) < 4.78 is 18.4. The molecule has 1 aliphatic rings. The number of hydrogen-bond acceptors (Lipinski definition) is 9. The monoisotopic (exact) mass is 387 g/mol. The maximum atomic E-state index is 10.8. The quantitative estimate of drug-likeness (QED) is 0.543. The second-order valence-corrected chi connectivity index (χ2v) is 6.44. The maximum Gasteiger partial charge on any atom is 0.167 e. The molecule has 3 heterocycles. The molecular formula is C18H21N5O5. The van der Waals surface area contributed by atoms with Gasteiger partial charge in [-0.05, 0) is 17.7 Å². The fraction of sp³-hybridized carbons (Fsp3) is 0.389. The molecule has 4 N–H and O–H groups in total. The Morgan fingerprint density at radius 2 is 2.00 bits per heavy atom. The van der Waals surface area contributed by atoms with Crippen LogP contribution in [-0.4, -0.2) is 61.8 Å². The first-order valence-corrected chi connectivity index (χ1v) is 8.74. The molecule has 1 aliphatic heterocycles. The lowest BCUT2D eigenvalue weighted by Crippen LogP contribution is -2.36. The molecule has 0 radical (unpaired) electrons. The van der Waals surface area contributed by atoms with Crippen LogP contribution >= 0.6 is 0 Å². The molecule has 2 aromatic heterocycles. The lowest BCUT2D eigenvalue weighted by Gasteiger charge is -2.20. The van der Waals surface area contributed by atoms with Crippen molar-refractivity contribution in [3.05, 3.63) is 42.5 Å². The Morgan fingerprint density at radius 3 is 2.71 bits per heavy atom. The summed E-state index contributed by atoms with van der Waals surface area (Å²) in [6.45, 7) is -0.0529. The van der Waals surface area contributed by atoms with Gasteiger partial charge >= 0.3 is 0 Å². The van der Waals surface area contributed by atoms with Gasteiger partial charge in [0.1, 0.15) is 35.9 Å². The summed E-state index contributed by atoms with van der Waals surface area (Å²) in [6, 6.07) is 7.40. The van der Waals surface area contributed by atoms with Gasteiger partial charge in [0.2, 0.25) is 0 Å². The highest BCUT2D eigenvalue weighted by Crippen LogP contribution is 2.34. The minimum atomic E-state index is -1.04. The van der Waals surface area contributed by atoms with Crippen LogP contribution in [0.3, 0.4) is 0 Å². The van der Waals surface area contributed by atoms with Gasteiger partial charge in [-0.1, -0.05) is 12.1 Å². The van der Waals surface area contributed by atoms with Crippen LogP contribution in [0.5, 0.6) is 5.75 Å². The Hall–Kier alpha value is -2.79. The molecule has 148 valence electrons. The van der Waals surface area contributed by atoms with Gasteiger partial charge in [0.25, 0.3) is 0 Å². The fourth-order valence-electron chi connectivity index (χ4n) is 3.27. The summed E-state index contributed by atoms with van der Waals surface area (Å²) in [5.41, 5.74) is 7.57. The number of nitrogen functional groups attached to an aromatic ring is 1. The van der Waals surface area contributed by atoms with Crippen molar-refractivity contribution >= 4 is 17.0 Å². The van der Waals surface area contributed by atoms with Crippen molar-refractivity contribution in [2.45, 2.75) is 31.1 Å². The fourth-order valence-corrected chi connectivity index (χ4v) is 3.27. The van der Waals surface area contributed by atoms with Crippen molar-refractivity contribution in [1.82, 2.24) is 19.5 Å². The van der Waals surface area contributed by atoms with E-state index >= 15 is 0 Å². The number of aliphatic hydroxyl groups is 2. The highest BCUT2D eigenvalue weighted by Gasteiger charge is 2.45. The third-order valence-corrected chi connectivity index (χ3v) is 4.75. The van der Waals surface area contributed by atoms with E-state index in [0.29, 0.717) is 11.2 Å². The molecule has 0 aliphatic carbocycles. The van der Waals surface area contributed by atoms with E-state index in [1.165, 1.54) is 12.7 Å². The zero-order valence-corrected chi connectivity index (χ0v) is 15.2. The van der Waals surface area contributed by atoms with Crippen molar-refractivity contribution in [3.63, 3.8) is 0 Å². The molecule has 1 fully saturated rings. The van der Waals surface area contributed by atoms with Gasteiger partial charge in [0, 0.05) is 0 Å². The lowest BCUT2D eigenvalue weighted by atomic mass is 10.1. The number of aromatic nitrogens is 4. The van der Waals surface area contributed by atoms with E-state index in [4.69, 9.17) is 19.9 Å². The highest BCUT2D eigenvalue weighted by atomic mass is 16.6. The number of rotatable bonds is 6. The lowest BCUT2D eigenvalue weighted by molar-refractivity contribution is -0.0650. The molecule has 3 aromatic rings. The Balaban J connectivity index is 1.53. The molecule has 1 aromatic carbocycles. The molecule has 1 saturated heterocycles. The van der Waals surface area contributed by atoms with Crippen LogP contribution in [0.25, 0.3) is 11.2 Å². The number of aliphatic hydroxyl groups excluding tert-OH is 2. The van der Waals surface area contributed by atoms with Gasteiger partial charge in [0.15, 0.2) is 17.7 Å². The van der Waals surface area contributed by atoms with Gasteiger partial charge in [-0.15, -0.1) is 0 Å². The number of ether oxygens (including phenoxy) is 3. The summed E-state index contributed by atoms with van der Waals surface area (Å²) in [7, 11) is 1.60. The third-order valence-electron chi connectivity index (χ3n) is 4.75. The Labute approximate surface area is 160 Å². The zero-order chi connectivity index (χ0) is 19.7. The van der Waals surface area contributed by atoms with Crippen molar-refractivity contribution < 1.29 is 24.4 Å². The Bertz CT molecular complexity index is 947. The van der Waals surface area contributed by atoms with Crippen LogP contribution in [0.4, 0.5) is 5.82 Å². The van der Waals surface area contributed by atoms with Crippen molar-refractivity contribution in [1.29, 1.82) is 0 Å². The smallest absolute Gasteiger partial charge is 0.167 e. The molecule has 0 unspecified atom stereocenters. The minimum Gasteiger partial charge on any atom is -0.497 e. The van der Waals surface area contributed by atoms with Crippen molar-refractivity contribution in [2.75, 3.05) is 19.5 Å². The molecule has 0 spiro atoms. The first-order valence-electron chi connectivity index (χ1n) is 8.74. The van der Waals surface area contributed by atoms with Gasteiger partial charge in [-0.25, -0.2) is 15.0 Å². The van der Waals surface area contributed by atoms with Crippen LogP contribution < -0.4 is 10.5 Å². The predicted molar refractivity (Wildman–Crippen MR) is 98.3 cm³/mol. The molecule has 28 heavy (non-hydrogen) atoms. The molecule has 4 rings (SSSR count). The van der Waals surface area contributed by atoms with Crippen LogP contribution in [-0.2, 0) is 16.1 Å². The predicted octanol–water partition coefficient (Wildman–Crippen LogP) is 0.253. The van der Waals surface area contributed by atoms with E-state index in [1.54, 1.807) is 11.7 Å². The second kappa shape index (κ2) is 7.68. The van der Waals surface area contributed by atoms with Crippen LogP contribution in [0, 0.1) is 0 Å². The summed E-state index contributed by atoms with van der Waals surface area (Å²) in [4.78, 5) is 12.3. The number of fused-ring (bicyclic) bond motifs is 1. The second-order valence-electron chi connectivity index (χ2n) is 6.44. The molecule has 10 nitrogen and oxygen atoms in total. The van der Waals surface area contributed by atoms with E-state index in [1.807, 2.05) is 24.3 Å². The third kappa shape index (κ3) is 3.27. The summed E-state index contributed by atoms with van der Waals surface area (Å²) in [5, 5.41) is 20.5. The van der Waals surface area contributed by atoms with Crippen LogP contribution in [0.15, 0.2) is 36.9 Å². The molecule has 0 saturated carbocycles. The van der Waals surface area contributed by atoms with Crippen LogP contribution in [0.1, 0.15) is 11.8 Å². The minimum absolute atomic E-state index is 0.238. The normalized spacial score (nSPS) is 24.7. The number of nitrogens with zero attached hydrogens (tertiary/aromatic N) is 4. The van der Waals surface area contributed by atoms with E-state index in [9.17, 15) is 10.2 Å². The van der Waals surface area contributed by atoms with Crippen molar-refractivity contribution in [2.24, 2.45) is 0 Å². The van der Waals surface area contributed by atoms with E-state index in [2.05, 4.69) is 15.0 Å². The maximum absolute atomic E-state index is 10.8.